The molecule has 9 heteroatoms. The van der Waals surface area contributed by atoms with Gasteiger partial charge < -0.3 is 9.47 Å². The van der Waals surface area contributed by atoms with E-state index in [1.54, 1.807) is 12.1 Å². The van der Waals surface area contributed by atoms with Crippen molar-refractivity contribution in [3.05, 3.63) is 35.5 Å². The summed E-state index contributed by atoms with van der Waals surface area (Å²) in [4.78, 5) is 7.75. The van der Waals surface area contributed by atoms with Crippen LogP contribution in [0.1, 0.15) is 0 Å². The fourth-order valence-electron chi connectivity index (χ4n) is 1.51. The highest BCUT2D eigenvalue weighted by Crippen LogP contribution is 2.26. The zero-order valence-corrected chi connectivity index (χ0v) is 12.8. The standard InChI is InChI=1S/C12H12ClN3O4S/c1-19-11-10(7-14-12(15-11)20-2)16-21(17,18)9-5-3-4-8(13)6-9/h3-7,16H,1-2H3. The van der Waals surface area contributed by atoms with Crippen molar-refractivity contribution in [2.24, 2.45) is 0 Å². The maximum absolute atomic E-state index is 12.3. The summed E-state index contributed by atoms with van der Waals surface area (Å²) in [6, 6.07) is 5.94. The number of hydrogen-bond acceptors (Lipinski definition) is 6. The van der Waals surface area contributed by atoms with Crippen LogP contribution in [0.2, 0.25) is 5.02 Å². The molecule has 1 heterocycles. The first-order chi connectivity index (χ1) is 9.96. The van der Waals surface area contributed by atoms with Gasteiger partial charge in [-0.3, -0.25) is 4.72 Å². The summed E-state index contributed by atoms with van der Waals surface area (Å²) in [6.45, 7) is 0. The molecule has 0 aliphatic rings. The largest absolute Gasteiger partial charge is 0.479 e. The van der Waals surface area contributed by atoms with E-state index in [0.717, 1.165) is 0 Å². The van der Waals surface area contributed by atoms with Crippen LogP contribution in [0.3, 0.4) is 0 Å². The Morgan fingerprint density at radius 3 is 2.62 bits per heavy atom. The SMILES string of the molecule is COc1ncc(NS(=O)(=O)c2cccc(Cl)c2)c(OC)n1. The van der Waals surface area contributed by atoms with Crippen LogP contribution in [-0.2, 0) is 10.0 Å². The molecule has 0 fully saturated rings. The van der Waals surface area contributed by atoms with Crippen LogP contribution in [0, 0.1) is 0 Å². The van der Waals surface area contributed by atoms with Crippen molar-refractivity contribution in [3.63, 3.8) is 0 Å². The lowest BCUT2D eigenvalue weighted by Crippen LogP contribution is -2.14. The molecule has 2 aromatic rings. The lowest BCUT2D eigenvalue weighted by molar-refractivity contribution is 0.353. The van der Waals surface area contributed by atoms with Gasteiger partial charge in [-0.15, -0.1) is 0 Å². The molecule has 1 aromatic carbocycles. The first kappa shape index (κ1) is 15.3. The normalized spacial score (nSPS) is 11.0. The van der Waals surface area contributed by atoms with Gasteiger partial charge in [0.25, 0.3) is 10.0 Å². The predicted molar refractivity (Wildman–Crippen MR) is 77.4 cm³/mol. The Hall–Kier alpha value is -2.06. The van der Waals surface area contributed by atoms with E-state index in [1.165, 1.54) is 32.5 Å². The Morgan fingerprint density at radius 1 is 1.24 bits per heavy atom. The molecule has 1 aromatic heterocycles. The minimum absolute atomic E-state index is 0.0212. The van der Waals surface area contributed by atoms with Crippen LogP contribution in [0.25, 0.3) is 0 Å². The van der Waals surface area contributed by atoms with Crippen molar-refractivity contribution < 1.29 is 17.9 Å². The topological polar surface area (TPSA) is 90.4 Å². The third kappa shape index (κ3) is 3.53. The Labute approximate surface area is 126 Å². The summed E-state index contributed by atoms with van der Waals surface area (Å²) >= 11 is 5.79. The van der Waals surface area contributed by atoms with Gasteiger partial charge in [-0.2, -0.15) is 4.98 Å². The quantitative estimate of drug-likeness (QED) is 0.901. The summed E-state index contributed by atoms with van der Waals surface area (Å²) in [7, 11) is -1.07. The molecule has 0 saturated heterocycles. The molecule has 0 spiro atoms. The Kier molecular flexibility index (Phi) is 4.49. The Bertz CT molecular complexity index is 752. The van der Waals surface area contributed by atoms with Crippen molar-refractivity contribution in [2.75, 3.05) is 18.9 Å². The van der Waals surface area contributed by atoms with Crippen molar-refractivity contribution in [1.82, 2.24) is 9.97 Å². The lowest BCUT2D eigenvalue weighted by Gasteiger charge is -2.11. The third-order valence-electron chi connectivity index (χ3n) is 2.46. The number of anilines is 1. The minimum atomic E-state index is -3.82. The number of hydrogen-bond donors (Lipinski definition) is 1. The molecule has 7 nitrogen and oxygen atoms in total. The average Bonchev–Trinajstić information content (AvgIpc) is 2.47. The van der Waals surface area contributed by atoms with Crippen LogP contribution in [0.5, 0.6) is 11.9 Å². The summed E-state index contributed by atoms with van der Waals surface area (Å²) < 4.78 is 36.7. The van der Waals surface area contributed by atoms with Gasteiger partial charge in [0, 0.05) is 5.02 Å². The summed E-state index contributed by atoms with van der Waals surface area (Å²) in [6.07, 6.45) is 1.26. The van der Waals surface area contributed by atoms with Gasteiger partial charge in [0.15, 0.2) is 0 Å². The van der Waals surface area contributed by atoms with Crippen LogP contribution in [-0.4, -0.2) is 32.6 Å². The fourth-order valence-corrected chi connectivity index (χ4v) is 2.85. The van der Waals surface area contributed by atoms with Gasteiger partial charge in [-0.1, -0.05) is 17.7 Å². The van der Waals surface area contributed by atoms with E-state index in [9.17, 15) is 8.42 Å². The highest BCUT2D eigenvalue weighted by molar-refractivity contribution is 7.92. The maximum atomic E-state index is 12.3. The fraction of sp³-hybridized carbons (Fsp3) is 0.167. The molecule has 112 valence electrons. The van der Waals surface area contributed by atoms with E-state index in [-0.39, 0.29) is 22.5 Å². The maximum Gasteiger partial charge on any atom is 0.319 e. The summed E-state index contributed by atoms with van der Waals surface area (Å²) in [5, 5.41) is 0.316. The van der Waals surface area contributed by atoms with Crippen LogP contribution >= 0.6 is 11.6 Å². The molecule has 0 atom stereocenters. The second-order valence-corrected chi connectivity index (χ2v) is 5.96. The molecule has 0 bridgehead atoms. The third-order valence-corrected chi connectivity index (χ3v) is 4.06. The zero-order chi connectivity index (χ0) is 15.5. The summed E-state index contributed by atoms with van der Waals surface area (Å²) in [5.41, 5.74) is 0.0956. The van der Waals surface area contributed by atoms with Crippen LogP contribution in [0.4, 0.5) is 5.69 Å². The molecule has 0 aliphatic carbocycles. The van der Waals surface area contributed by atoms with Crippen molar-refractivity contribution in [2.45, 2.75) is 4.90 Å². The number of ether oxygens (including phenoxy) is 2. The number of nitrogens with zero attached hydrogens (tertiary/aromatic N) is 2. The van der Waals surface area contributed by atoms with E-state index < -0.39 is 10.0 Å². The zero-order valence-electron chi connectivity index (χ0n) is 11.2. The summed E-state index contributed by atoms with van der Waals surface area (Å²) in [5.74, 6) is 0.0486. The number of benzene rings is 1. The van der Waals surface area contributed by atoms with Gasteiger partial charge >= 0.3 is 6.01 Å². The van der Waals surface area contributed by atoms with Gasteiger partial charge in [-0.25, -0.2) is 13.4 Å². The first-order valence-electron chi connectivity index (χ1n) is 5.69. The Balaban J connectivity index is 2.37. The molecule has 0 amide bonds. The van der Waals surface area contributed by atoms with E-state index in [1.807, 2.05) is 0 Å². The van der Waals surface area contributed by atoms with E-state index in [0.29, 0.717) is 5.02 Å². The molecule has 1 N–H and O–H groups in total. The van der Waals surface area contributed by atoms with Gasteiger partial charge in [-0.05, 0) is 18.2 Å². The average molecular weight is 330 g/mol. The predicted octanol–water partition coefficient (Wildman–Crippen LogP) is 1.95. The van der Waals surface area contributed by atoms with Gasteiger partial charge in [0.2, 0.25) is 5.88 Å². The second-order valence-electron chi connectivity index (χ2n) is 3.84. The minimum Gasteiger partial charge on any atom is -0.479 e. The van der Waals surface area contributed by atoms with Gasteiger partial charge in [0.1, 0.15) is 5.69 Å². The van der Waals surface area contributed by atoms with Crippen molar-refractivity contribution in [1.29, 1.82) is 0 Å². The molecular formula is C12H12ClN3O4S. The smallest absolute Gasteiger partial charge is 0.319 e. The Morgan fingerprint density at radius 2 is 2.00 bits per heavy atom. The monoisotopic (exact) mass is 329 g/mol. The van der Waals surface area contributed by atoms with Gasteiger partial charge in [0.05, 0.1) is 25.3 Å². The van der Waals surface area contributed by atoms with E-state index >= 15 is 0 Å². The molecule has 21 heavy (non-hydrogen) atoms. The van der Waals surface area contributed by atoms with Crippen LogP contribution in [0.15, 0.2) is 35.4 Å². The highest BCUT2D eigenvalue weighted by Gasteiger charge is 2.18. The van der Waals surface area contributed by atoms with E-state index in [4.69, 9.17) is 21.1 Å². The number of aromatic nitrogens is 2. The molecule has 0 saturated carbocycles. The molecule has 0 radical (unpaired) electrons. The number of halogens is 1. The van der Waals surface area contributed by atoms with Crippen molar-refractivity contribution >= 4 is 27.3 Å². The number of methoxy groups -OCH3 is 2. The van der Waals surface area contributed by atoms with E-state index in [2.05, 4.69) is 14.7 Å². The lowest BCUT2D eigenvalue weighted by atomic mass is 10.4. The highest BCUT2D eigenvalue weighted by atomic mass is 35.5. The molecule has 0 aliphatic heterocycles. The molecule has 2 rings (SSSR count). The van der Waals surface area contributed by atoms with Crippen molar-refractivity contribution in [3.8, 4) is 11.9 Å². The molecule has 0 unspecified atom stereocenters. The number of nitrogens with one attached hydrogen (secondary N) is 1. The second kappa shape index (κ2) is 6.15. The molecular weight excluding hydrogens is 318 g/mol. The number of rotatable bonds is 5. The first-order valence-corrected chi connectivity index (χ1v) is 7.56. The van der Waals surface area contributed by atoms with Crippen LogP contribution < -0.4 is 14.2 Å². The number of sulfonamides is 1.